The molecule has 3 N–H and O–H groups in total. The zero-order chi connectivity index (χ0) is 66.3. The summed E-state index contributed by atoms with van der Waals surface area (Å²) < 4.78 is 68.2. The molecule has 0 aliphatic rings. The molecule has 0 fully saturated rings. The molecule has 0 saturated heterocycles. The summed E-state index contributed by atoms with van der Waals surface area (Å²) in [4.78, 5) is 72.4. The van der Waals surface area contributed by atoms with Crippen molar-refractivity contribution in [3.63, 3.8) is 0 Å². The van der Waals surface area contributed by atoms with Gasteiger partial charge in [0.1, 0.15) is 19.3 Å². The molecule has 0 aromatic rings. The van der Waals surface area contributed by atoms with Crippen molar-refractivity contribution in [3.8, 4) is 0 Å². The van der Waals surface area contributed by atoms with Gasteiger partial charge in [-0.25, -0.2) is 9.13 Å². The molecule has 90 heavy (non-hydrogen) atoms. The van der Waals surface area contributed by atoms with E-state index in [1.807, 2.05) is 0 Å². The molecule has 0 heterocycles. The summed E-state index contributed by atoms with van der Waals surface area (Å²) in [7, 11) is -9.89. The minimum Gasteiger partial charge on any atom is -0.462 e. The summed E-state index contributed by atoms with van der Waals surface area (Å²) >= 11 is 0. The molecule has 0 amide bonds. The van der Waals surface area contributed by atoms with Crippen molar-refractivity contribution in [1.29, 1.82) is 0 Å². The van der Waals surface area contributed by atoms with Crippen LogP contribution in [0.2, 0.25) is 0 Å². The van der Waals surface area contributed by atoms with E-state index in [9.17, 15) is 43.2 Å². The van der Waals surface area contributed by atoms with Gasteiger partial charge in [-0.2, -0.15) is 0 Å². The average molecular weight is 1330 g/mol. The third-order valence-electron chi connectivity index (χ3n) is 16.5. The molecule has 0 radical (unpaired) electrons. The zero-order valence-electron chi connectivity index (χ0n) is 58.3. The molecule has 2 unspecified atom stereocenters. The second-order valence-corrected chi connectivity index (χ2v) is 29.0. The number of aliphatic hydroxyl groups is 1. The van der Waals surface area contributed by atoms with Gasteiger partial charge in [0.2, 0.25) is 0 Å². The Bertz CT molecular complexity index is 1740. The third kappa shape index (κ3) is 64.8. The molecular formula is C71H138O17P2. The molecule has 0 aromatic carbocycles. The SMILES string of the molecule is CCCCCCCCCCCCCCCCCCCCCCC(=O)O[C@H](COC(=O)CCCCCCCCCCCCCC)COP(=O)(O)OC[C@@H](O)COP(=O)(O)OC[C@@H](COC(=O)CCCCCCCCCCC)OC(=O)CCCCCCCCC(C)C. The largest absolute Gasteiger partial charge is 0.472 e. The summed E-state index contributed by atoms with van der Waals surface area (Å²) in [6.07, 6.45) is 51.6. The van der Waals surface area contributed by atoms with Gasteiger partial charge in [0.05, 0.1) is 26.4 Å². The van der Waals surface area contributed by atoms with Crippen molar-refractivity contribution in [2.75, 3.05) is 39.6 Å². The molecule has 0 aromatic heterocycles. The second kappa shape index (κ2) is 64.4. The Balaban J connectivity index is 5.16. The van der Waals surface area contributed by atoms with Crippen LogP contribution in [0.5, 0.6) is 0 Å². The van der Waals surface area contributed by atoms with Gasteiger partial charge in [-0.15, -0.1) is 0 Å². The van der Waals surface area contributed by atoms with Crippen LogP contribution >= 0.6 is 15.6 Å². The van der Waals surface area contributed by atoms with Crippen LogP contribution in [0.4, 0.5) is 0 Å². The fourth-order valence-corrected chi connectivity index (χ4v) is 12.4. The third-order valence-corrected chi connectivity index (χ3v) is 18.4. The first kappa shape index (κ1) is 88.1. The van der Waals surface area contributed by atoms with Crippen molar-refractivity contribution in [2.45, 2.75) is 387 Å². The summed E-state index contributed by atoms with van der Waals surface area (Å²) in [5.74, 6) is -1.46. The first-order chi connectivity index (χ1) is 43.5. The van der Waals surface area contributed by atoms with Crippen LogP contribution in [0.15, 0.2) is 0 Å². The lowest BCUT2D eigenvalue weighted by Gasteiger charge is -2.21. The quantitative estimate of drug-likeness (QED) is 0.0222. The van der Waals surface area contributed by atoms with E-state index in [0.717, 1.165) is 89.9 Å². The minimum absolute atomic E-state index is 0.102. The Labute approximate surface area is 549 Å². The monoisotopic (exact) mass is 1320 g/mol. The van der Waals surface area contributed by atoms with E-state index in [1.54, 1.807) is 0 Å². The van der Waals surface area contributed by atoms with E-state index < -0.39 is 97.5 Å². The second-order valence-electron chi connectivity index (χ2n) is 26.1. The molecule has 17 nitrogen and oxygen atoms in total. The number of carbonyl (C=O) groups excluding carboxylic acids is 4. The minimum atomic E-state index is -4.95. The number of aliphatic hydroxyl groups excluding tert-OH is 1. The molecule has 0 rings (SSSR count). The molecule has 0 aliphatic carbocycles. The molecule has 0 aliphatic heterocycles. The Hall–Kier alpha value is -1.94. The van der Waals surface area contributed by atoms with Gasteiger partial charge in [-0.1, -0.05) is 317 Å². The number of hydrogen-bond donors (Lipinski definition) is 3. The molecular weight excluding hydrogens is 1190 g/mol. The van der Waals surface area contributed by atoms with Gasteiger partial charge in [0, 0.05) is 25.7 Å². The molecule has 0 saturated carbocycles. The number of rotatable bonds is 71. The zero-order valence-corrected chi connectivity index (χ0v) is 60.1. The molecule has 5 atom stereocenters. The van der Waals surface area contributed by atoms with Gasteiger partial charge in [-0.05, 0) is 31.6 Å². The topological polar surface area (TPSA) is 237 Å². The van der Waals surface area contributed by atoms with E-state index in [1.165, 1.54) is 193 Å². The maximum absolute atomic E-state index is 13.0. The van der Waals surface area contributed by atoms with Crippen LogP contribution in [0.1, 0.15) is 369 Å². The standard InChI is InChI=1S/C71H138O17P2/c1-6-9-12-15-18-21-23-25-26-27-28-29-30-31-32-34-37-40-46-51-56-70(75)87-66(60-82-69(74)55-50-45-39-36-33-24-22-19-16-13-10-7-2)62-85-89(77,78)83-58-65(72)59-84-90(79,80)86-63-67(88-71(76)57-52-47-42-41-43-48-53-64(4)5)61-81-68(73)54-49-44-38-35-20-17-14-11-8-3/h64-67,72H,6-63H2,1-5H3,(H,77,78)(H,79,80)/t65-,66-,67-/m1/s1. The van der Waals surface area contributed by atoms with Crippen LogP contribution < -0.4 is 0 Å². The summed E-state index contributed by atoms with van der Waals surface area (Å²) in [5, 5.41) is 10.6. The number of ether oxygens (including phenoxy) is 4. The molecule has 0 bridgehead atoms. The fraction of sp³-hybridized carbons (Fsp3) is 0.944. The maximum atomic E-state index is 13.0. The maximum Gasteiger partial charge on any atom is 0.472 e. The highest BCUT2D eigenvalue weighted by molar-refractivity contribution is 7.47. The van der Waals surface area contributed by atoms with E-state index in [2.05, 4.69) is 34.6 Å². The van der Waals surface area contributed by atoms with Gasteiger partial charge in [0.25, 0.3) is 0 Å². The first-order valence-corrected chi connectivity index (χ1v) is 40.1. The Morgan fingerprint density at radius 3 is 0.756 bits per heavy atom. The molecule has 0 spiro atoms. The Morgan fingerprint density at radius 1 is 0.300 bits per heavy atom. The van der Waals surface area contributed by atoms with Gasteiger partial charge < -0.3 is 33.8 Å². The van der Waals surface area contributed by atoms with Gasteiger partial charge in [-0.3, -0.25) is 37.3 Å². The Kier molecular flexibility index (Phi) is 63.0. The summed E-state index contributed by atoms with van der Waals surface area (Å²) in [6.45, 7) is 7.14. The normalized spacial score (nSPS) is 14.1. The van der Waals surface area contributed by atoms with E-state index >= 15 is 0 Å². The number of phosphoric acid groups is 2. The fourth-order valence-electron chi connectivity index (χ4n) is 10.8. The lowest BCUT2D eigenvalue weighted by molar-refractivity contribution is -0.161. The highest BCUT2D eigenvalue weighted by Gasteiger charge is 2.30. The number of carbonyl (C=O) groups is 4. The van der Waals surface area contributed by atoms with Crippen molar-refractivity contribution >= 4 is 39.5 Å². The van der Waals surface area contributed by atoms with Crippen LogP contribution in [0.3, 0.4) is 0 Å². The average Bonchev–Trinajstić information content (AvgIpc) is 3.71. The predicted octanol–water partition coefficient (Wildman–Crippen LogP) is 20.5. The van der Waals surface area contributed by atoms with Crippen LogP contribution in [-0.4, -0.2) is 96.7 Å². The Morgan fingerprint density at radius 2 is 0.511 bits per heavy atom. The van der Waals surface area contributed by atoms with Crippen molar-refractivity contribution in [3.05, 3.63) is 0 Å². The predicted molar refractivity (Wildman–Crippen MR) is 363 cm³/mol. The molecule has 534 valence electrons. The van der Waals surface area contributed by atoms with Crippen LogP contribution in [0, 0.1) is 5.92 Å². The smallest absolute Gasteiger partial charge is 0.462 e. The van der Waals surface area contributed by atoms with Crippen molar-refractivity contribution < 1.29 is 80.2 Å². The van der Waals surface area contributed by atoms with Crippen molar-refractivity contribution in [1.82, 2.24) is 0 Å². The highest BCUT2D eigenvalue weighted by Crippen LogP contribution is 2.45. The first-order valence-electron chi connectivity index (χ1n) is 37.1. The lowest BCUT2D eigenvalue weighted by atomic mass is 10.0. The van der Waals surface area contributed by atoms with E-state index in [4.69, 9.17) is 37.0 Å². The van der Waals surface area contributed by atoms with Gasteiger partial charge in [0.15, 0.2) is 12.2 Å². The van der Waals surface area contributed by atoms with E-state index in [-0.39, 0.29) is 25.7 Å². The van der Waals surface area contributed by atoms with Gasteiger partial charge >= 0.3 is 39.5 Å². The highest BCUT2D eigenvalue weighted by atomic mass is 31.2. The summed E-state index contributed by atoms with van der Waals surface area (Å²) in [5.41, 5.74) is 0. The number of esters is 4. The molecule has 19 heteroatoms. The number of hydrogen-bond acceptors (Lipinski definition) is 15. The number of unbranched alkanes of at least 4 members (excludes halogenated alkanes) is 43. The van der Waals surface area contributed by atoms with E-state index in [0.29, 0.717) is 31.6 Å². The van der Waals surface area contributed by atoms with Crippen LogP contribution in [0.25, 0.3) is 0 Å². The van der Waals surface area contributed by atoms with Crippen LogP contribution in [-0.2, 0) is 65.4 Å². The van der Waals surface area contributed by atoms with Crippen molar-refractivity contribution in [2.24, 2.45) is 5.92 Å². The summed E-state index contributed by atoms with van der Waals surface area (Å²) in [6, 6.07) is 0. The lowest BCUT2D eigenvalue weighted by Crippen LogP contribution is -2.30. The number of phosphoric ester groups is 2.